The van der Waals surface area contributed by atoms with Crippen LogP contribution in [0.5, 0.6) is 0 Å². The highest BCUT2D eigenvalue weighted by atomic mass is 32.1. The number of anilines is 1. The third kappa shape index (κ3) is 4.87. The number of carbonyl (C=O) groups is 2. The number of rotatable bonds is 6. The van der Waals surface area contributed by atoms with Gasteiger partial charge in [0.15, 0.2) is 5.13 Å². The van der Waals surface area contributed by atoms with Crippen molar-refractivity contribution in [2.45, 2.75) is 13.0 Å². The predicted molar refractivity (Wildman–Crippen MR) is 122 cm³/mol. The zero-order valence-electron chi connectivity index (χ0n) is 17.1. The molecule has 0 bridgehead atoms. The van der Waals surface area contributed by atoms with Gasteiger partial charge in [-0.15, -0.1) is 11.3 Å². The Morgan fingerprint density at radius 3 is 2.58 bits per heavy atom. The van der Waals surface area contributed by atoms with Gasteiger partial charge in [0.25, 0.3) is 5.91 Å². The first kappa shape index (κ1) is 20.5. The van der Waals surface area contributed by atoms with Crippen molar-refractivity contribution in [2.75, 3.05) is 5.32 Å². The van der Waals surface area contributed by atoms with Crippen LogP contribution in [0.3, 0.4) is 0 Å². The second-order valence-electron chi connectivity index (χ2n) is 7.10. The van der Waals surface area contributed by atoms with Gasteiger partial charge in [-0.1, -0.05) is 18.2 Å². The summed E-state index contributed by atoms with van der Waals surface area (Å²) in [5, 5.41) is 7.86. The van der Waals surface area contributed by atoms with Crippen LogP contribution in [0.2, 0.25) is 0 Å². The first-order chi connectivity index (χ1) is 15.0. The van der Waals surface area contributed by atoms with Gasteiger partial charge in [-0.25, -0.2) is 4.98 Å². The lowest BCUT2D eigenvalue weighted by Crippen LogP contribution is -2.41. The molecule has 156 valence electrons. The van der Waals surface area contributed by atoms with E-state index in [-0.39, 0.29) is 11.8 Å². The van der Waals surface area contributed by atoms with Crippen molar-refractivity contribution in [3.8, 4) is 22.4 Å². The fourth-order valence-corrected chi connectivity index (χ4v) is 3.79. The molecule has 4 aromatic rings. The zero-order chi connectivity index (χ0) is 21.8. The van der Waals surface area contributed by atoms with Crippen LogP contribution in [-0.2, 0) is 11.8 Å². The van der Waals surface area contributed by atoms with Crippen molar-refractivity contribution in [3.05, 3.63) is 78.2 Å². The quantitative estimate of drug-likeness (QED) is 0.484. The van der Waals surface area contributed by atoms with E-state index >= 15 is 0 Å². The van der Waals surface area contributed by atoms with E-state index in [2.05, 4.69) is 26.7 Å². The van der Waals surface area contributed by atoms with E-state index in [1.807, 2.05) is 42.8 Å². The van der Waals surface area contributed by atoms with Crippen LogP contribution in [0.1, 0.15) is 17.3 Å². The zero-order valence-corrected chi connectivity index (χ0v) is 17.9. The normalized spacial score (nSPS) is 11.7. The Labute approximate surface area is 183 Å². The molecule has 8 heteroatoms. The van der Waals surface area contributed by atoms with E-state index in [1.54, 1.807) is 42.3 Å². The second-order valence-corrected chi connectivity index (χ2v) is 7.96. The number of thiazole rings is 1. The molecule has 0 aliphatic heterocycles. The molecular weight excluding hydrogens is 410 g/mol. The van der Waals surface area contributed by atoms with Crippen molar-refractivity contribution >= 4 is 28.3 Å². The second kappa shape index (κ2) is 8.93. The number of benzene rings is 1. The van der Waals surface area contributed by atoms with E-state index in [0.717, 1.165) is 22.4 Å². The lowest BCUT2D eigenvalue weighted by atomic mass is 10.0. The largest absolute Gasteiger partial charge is 0.356 e. The smallest absolute Gasteiger partial charge is 0.253 e. The maximum absolute atomic E-state index is 12.5. The van der Waals surface area contributed by atoms with Crippen LogP contribution in [-0.4, -0.2) is 32.4 Å². The SMILES string of the molecule is C[C@H](NC(=O)c1ccn(C)c1)C(=O)Nc1nc(-c2cccc(-c3ccncc3)c2)cs1. The molecule has 3 aromatic heterocycles. The van der Waals surface area contributed by atoms with Gasteiger partial charge < -0.3 is 15.2 Å². The summed E-state index contributed by atoms with van der Waals surface area (Å²) in [7, 11) is 1.83. The van der Waals surface area contributed by atoms with Gasteiger partial charge in [0.2, 0.25) is 5.91 Å². The topological polar surface area (TPSA) is 88.9 Å². The molecule has 31 heavy (non-hydrogen) atoms. The van der Waals surface area contributed by atoms with Crippen LogP contribution in [0.15, 0.2) is 72.6 Å². The minimum Gasteiger partial charge on any atom is -0.356 e. The van der Waals surface area contributed by atoms with Gasteiger partial charge in [0.05, 0.1) is 11.3 Å². The number of hydrogen-bond acceptors (Lipinski definition) is 5. The molecule has 1 atom stereocenters. The Hall–Kier alpha value is -3.78. The standard InChI is InChI=1S/C23H21N5O2S/c1-15(25-22(30)19-8-11-28(2)13-19)21(29)27-23-26-20(14-31-23)18-5-3-4-17(12-18)16-6-9-24-10-7-16/h3-15H,1-2H3,(H,25,30)(H,26,27,29)/t15-/m0/s1. The minimum absolute atomic E-state index is 0.295. The Kier molecular flexibility index (Phi) is 5.90. The highest BCUT2D eigenvalue weighted by Crippen LogP contribution is 2.28. The molecule has 0 spiro atoms. The number of amides is 2. The van der Waals surface area contributed by atoms with Crippen molar-refractivity contribution in [2.24, 2.45) is 7.05 Å². The molecule has 7 nitrogen and oxygen atoms in total. The van der Waals surface area contributed by atoms with E-state index in [1.165, 1.54) is 11.3 Å². The molecule has 1 aromatic carbocycles. The van der Waals surface area contributed by atoms with Gasteiger partial charge in [0.1, 0.15) is 6.04 Å². The summed E-state index contributed by atoms with van der Waals surface area (Å²) in [5.41, 5.74) is 4.38. The van der Waals surface area contributed by atoms with E-state index in [4.69, 9.17) is 0 Å². The van der Waals surface area contributed by atoms with Crippen molar-refractivity contribution in [1.82, 2.24) is 19.9 Å². The van der Waals surface area contributed by atoms with Crippen molar-refractivity contribution < 1.29 is 9.59 Å². The Balaban J connectivity index is 1.42. The molecule has 3 heterocycles. The molecular formula is C23H21N5O2S. The van der Waals surface area contributed by atoms with Gasteiger partial charge in [-0.3, -0.25) is 14.6 Å². The highest BCUT2D eigenvalue weighted by Gasteiger charge is 2.18. The lowest BCUT2D eigenvalue weighted by molar-refractivity contribution is -0.117. The Bertz CT molecular complexity index is 1220. The van der Waals surface area contributed by atoms with Crippen LogP contribution < -0.4 is 10.6 Å². The van der Waals surface area contributed by atoms with Crippen LogP contribution in [0, 0.1) is 0 Å². The van der Waals surface area contributed by atoms with Crippen LogP contribution in [0.25, 0.3) is 22.4 Å². The van der Waals surface area contributed by atoms with Gasteiger partial charge in [0, 0.05) is 42.8 Å². The molecule has 0 aliphatic rings. The van der Waals surface area contributed by atoms with Gasteiger partial charge in [-0.2, -0.15) is 0 Å². The first-order valence-corrected chi connectivity index (χ1v) is 10.6. The summed E-state index contributed by atoms with van der Waals surface area (Å²) in [6.07, 6.45) is 7.00. The van der Waals surface area contributed by atoms with Crippen LogP contribution in [0.4, 0.5) is 5.13 Å². The summed E-state index contributed by atoms with van der Waals surface area (Å²) in [6, 6.07) is 13.0. The number of nitrogens with zero attached hydrogens (tertiary/aromatic N) is 3. The number of aryl methyl sites for hydroxylation is 1. The monoisotopic (exact) mass is 431 g/mol. The van der Waals surface area contributed by atoms with Gasteiger partial charge >= 0.3 is 0 Å². The van der Waals surface area contributed by atoms with Crippen LogP contribution >= 0.6 is 11.3 Å². The number of aromatic nitrogens is 3. The van der Waals surface area contributed by atoms with Crippen molar-refractivity contribution in [3.63, 3.8) is 0 Å². The maximum atomic E-state index is 12.5. The summed E-state index contributed by atoms with van der Waals surface area (Å²) in [4.78, 5) is 33.3. The summed E-state index contributed by atoms with van der Waals surface area (Å²) >= 11 is 1.34. The molecule has 2 amide bonds. The molecule has 0 radical (unpaired) electrons. The fourth-order valence-electron chi connectivity index (χ4n) is 3.06. The van der Waals surface area contributed by atoms with E-state index in [0.29, 0.717) is 10.7 Å². The molecule has 0 saturated carbocycles. The Morgan fingerprint density at radius 1 is 1.06 bits per heavy atom. The number of hydrogen-bond donors (Lipinski definition) is 2. The summed E-state index contributed by atoms with van der Waals surface area (Å²) in [5.74, 6) is -0.619. The lowest BCUT2D eigenvalue weighted by Gasteiger charge is -2.12. The maximum Gasteiger partial charge on any atom is 0.253 e. The van der Waals surface area contributed by atoms with Gasteiger partial charge in [-0.05, 0) is 42.3 Å². The number of nitrogens with one attached hydrogen (secondary N) is 2. The number of pyridine rings is 1. The fraction of sp³-hybridized carbons (Fsp3) is 0.130. The first-order valence-electron chi connectivity index (χ1n) is 9.69. The minimum atomic E-state index is -0.699. The third-order valence-electron chi connectivity index (χ3n) is 4.74. The molecule has 4 rings (SSSR count). The van der Waals surface area contributed by atoms with E-state index < -0.39 is 6.04 Å². The molecule has 0 aliphatic carbocycles. The van der Waals surface area contributed by atoms with E-state index in [9.17, 15) is 9.59 Å². The molecule has 0 saturated heterocycles. The highest BCUT2D eigenvalue weighted by molar-refractivity contribution is 7.14. The average molecular weight is 432 g/mol. The average Bonchev–Trinajstić information content (AvgIpc) is 3.43. The summed E-state index contributed by atoms with van der Waals surface area (Å²) < 4.78 is 1.78. The van der Waals surface area contributed by atoms with Crippen molar-refractivity contribution in [1.29, 1.82) is 0 Å². The number of carbonyl (C=O) groups excluding carboxylic acids is 2. The predicted octanol–water partition coefficient (Wildman–Crippen LogP) is 3.97. The molecule has 2 N–H and O–H groups in total. The third-order valence-corrected chi connectivity index (χ3v) is 5.50. The summed E-state index contributed by atoms with van der Waals surface area (Å²) in [6.45, 7) is 1.64. The molecule has 0 unspecified atom stereocenters. The Morgan fingerprint density at radius 2 is 1.84 bits per heavy atom. The molecule has 0 fully saturated rings.